The predicted octanol–water partition coefficient (Wildman–Crippen LogP) is 5.45. The summed E-state index contributed by atoms with van der Waals surface area (Å²) in [7, 11) is 0. The van der Waals surface area contributed by atoms with Crippen molar-refractivity contribution in [2.75, 3.05) is 13.1 Å². The molecule has 1 aromatic rings. The summed E-state index contributed by atoms with van der Waals surface area (Å²) in [5.41, 5.74) is -3.52. The zero-order valence-corrected chi connectivity index (χ0v) is 14.5. The minimum absolute atomic E-state index is 0.00746. The molecule has 1 aliphatic rings. The molecule has 26 heavy (non-hydrogen) atoms. The Morgan fingerprint density at radius 3 is 1.92 bits per heavy atom. The molecule has 0 radical (unpaired) electrons. The van der Waals surface area contributed by atoms with Crippen molar-refractivity contribution >= 4 is 6.09 Å². The van der Waals surface area contributed by atoms with E-state index in [1.807, 2.05) is 0 Å². The fourth-order valence-corrected chi connectivity index (χ4v) is 2.74. The zero-order valence-electron chi connectivity index (χ0n) is 14.5. The largest absolute Gasteiger partial charge is 0.444 e. The molecule has 3 nitrogen and oxygen atoms in total. The molecule has 146 valence electrons. The van der Waals surface area contributed by atoms with Crippen LogP contribution >= 0.6 is 0 Å². The first-order chi connectivity index (χ1) is 11.7. The summed E-state index contributed by atoms with van der Waals surface area (Å²) in [5.74, 6) is -0.620. The lowest BCUT2D eigenvalue weighted by atomic mass is 9.94. The van der Waals surface area contributed by atoms with Gasteiger partial charge in [-0.1, -0.05) is 0 Å². The molecule has 0 bridgehead atoms. The van der Waals surface area contributed by atoms with Gasteiger partial charge in [0, 0.05) is 19.0 Å². The number of nitrogens with zero attached hydrogens (tertiary/aromatic N) is 1. The van der Waals surface area contributed by atoms with E-state index in [9.17, 15) is 31.1 Å². The third-order valence-electron chi connectivity index (χ3n) is 3.92. The van der Waals surface area contributed by atoms with E-state index in [0.29, 0.717) is 0 Å². The lowest BCUT2D eigenvalue weighted by Crippen LogP contribution is -2.35. The maximum Gasteiger partial charge on any atom is 0.416 e. The van der Waals surface area contributed by atoms with Gasteiger partial charge in [-0.3, -0.25) is 0 Å². The first-order valence-corrected chi connectivity index (χ1v) is 7.94. The number of carbonyl (C=O) groups is 1. The Bertz CT molecular complexity index is 643. The number of likely N-dealkylation sites (tertiary alicyclic amines) is 1. The molecule has 1 unspecified atom stereocenters. The maximum absolute atomic E-state index is 13.0. The van der Waals surface area contributed by atoms with Crippen LogP contribution in [0.2, 0.25) is 0 Å². The zero-order chi connectivity index (χ0) is 19.9. The van der Waals surface area contributed by atoms with Gasteiger partial charge in [-0.05, 0) is 51.0 Å². The summed E-state index contributed by atoms with van der Waals surface area (Å²) in [4.78, 5) is 13.3. The maximum atomic E-state index is 13.0. The van der Waals surface area contributed by atoms with Crippen molar-refractivity contribution < 1.29 is 35.9 Å². The van der Waals surface area contributed by atoms with E-state index in [1.54, 1.807) is 20.8 Å². The van der Waals surface area contributed by atoms with E-state index in [0.717, 1.165) is 12.1 Å². The van der Waals surface area contributed by atoms with Gasteiger partial charge < -0.3 is 9.64 Å². The van der Waals surface area contributed by atoms with E-state index in [1.165, 1.54) is 4.90 Å². The molecule has 1 atom stereocenters. The summed E-state index contributed by atoms with van der Waals surface area (Å²) in [6.07, 6.45) is -10.2. The van der Waals surface area contributed by atoms with Crippen molar-refractivity contribution in [3.8, 4) is 0 Å². The number of hydrogen-bond donors (Lipinski definition) is 0. The predicted molar refractivity (Wildman–Crippen MR) is 81.6 cm³/mol. The summed E-state index contributed by atoms with van der Waals surface area (Å²) >= 11 is 0. The van der Waals surface area contributed by atoms with Gasteiger partial charge in [0.2, 0.25) is 0 Å². The molecule has 2 rings (SSSR count). The van der Waals surface area contributed by atoms with Crippen molar-refractivity contribution in [2.24, 2.45) is 0 Å². The molecule has 0 saturated carbocycles. The number of carbonyl (C=O) groups excluding carboxylic acids is 1. The number of amides is 1. The van der Waals surface area contributed by atoms with E-state index in [4.69, 9.17) is 4.74 Å². The molecule has 0 N–H and O–H groups in total. The molecule has 1 heterocycles. The van der Waals surface area contributed by atoms with E-state index in [-0.39, 0.29) is 31.1 Å². The van der Waals surface area contributed by atoms with Crippen molar-refractivity contribution in [3.63, 3.8) is 0 Å². The number of benzene rings is 1. The molecule has 1 amide bonds. The fraction of sp³-hybridized carbons (Fsp3) is 0.588. The van der Waals surface area contributed by atoms with Gasteiger partial charge in [0.05, 0.1) is 11.1 Å². The van der Waals surface area contributed by atoms with Crippen molar-refractivity contribution in [1.82, 2.24) is 4.90 Å². The van der Waals surface area contributed by atoms with Crippen molar-refractivity contribution in [1.29, 1.82) is 0 Å². The molecule has 1 fully saturated rings. The molecule has 9 heteroatoms. The Balaban J connectivity index is 2.27. The first kappa shape index (κ1) is 20.4. The molecule has 1 aromatic carbocycles. The van der Waals surface area contributed by atoms with Crippen LogP contribution in [0, 0.1) is 0 Å². The Hall–Kier alpha value is -1.93. The quantitative estimate of drug-likeness (QED) is 0.604. The normalized spacial score (nSPS) is 19.0. The summed E-state index contributed by atoms with van der Waals surface area (Å²) in [6.45, 7) is 5.22. The smallest absolute Gasteiger partial charge is 0.416 e. The fourth-order valence-electron chi connectivity index (χ4n) is 2.74. The number of alkyl halides is 6. The monoisotopic (exact) mass is 383 g/mol. The highest BCUT2D eigenvalue weighted by atomic mass is 19.4. The summed E-state index contributed by atoms with van der Waals surface area (Å²) < 4.78 is 83.0. The van der Waals surface area contributed by atoms with Crippen LogP contribution in [0.4, 0.5) is 31.1 Å². The third-order valence-corrected chi connectivity index (χ3v) is 3.92. The highest BCUT2D eigenvalue weighted by molar-refractivity contribution is 5.68. The average molecular weight is 383 g/mol. The highest BCUT2D eigenvalue weighted by Gasteiger charge is 2.39. The first-order valence-electron chi connectivity index (χ1n) is 7.94. The second kappa shape index (κ2) is 6.66. The van der Waals surface area contributed by atoms with Gasteiger partial charge in [-0.15, -0.1) is 0 Å². The minimum Gasteiger partial charge on any atom is -0.444 e. The minimum atomic E-state index is -4.89. The third kappa shape index (κ3) is 5.04. The highest BCUT2D eigenvalue weighted by Crippen LogP contribution is 2.39. The van der Waals surface area contributed by atoms with E-state index < -0.39 is 41.1 Å². The molecule has 1 aliphatic heterocycles. The van der Waals surface area contributed by atoms with Gasteiger partial charge in [0.1, 0.15) is 5.60 Å². The van der Waals surface area contributed by atoms with Crippen LogP contribution in [0.5, 0.6) is 0 Å². The van der Waals surface area contributed by atoms with Crippen LogP contribution in [-0.2, 0) is 17.1 Å². The average Bonchev–Trinajstić information content (AvgIpc) is 2.93. The number of ether oxygens (including phenoxy) is 1. The Morgan fingerprint density at radius 1 is 1.00 bits per heavy atom. The molecular weight excluding hydrogens is 364 g/mol. The molecule has 0 aliphatic carbocycles. The van der Waals surface area contributed by atoms with Crippen LogP contribution in [-0.4, -0.2) is 29.7 Å². The molecule has 0 aromatic heterocycles. The number of rotatable bonds is 1. The van der Waals surface area contributed by atoms with Crippen LogP contribution in [0.25, 0.3) is 0 Å². The van der Waals surface area contributed by atoms with Crippen LogP contribution < -0.4 is 0 Å². The van der Waals surface area contributed by atoms with Gasteiger partial charge in [0.15, 0.2) is 0 Å². The van der Waals surface area contributed by atoms with Gasteiger partial charge >= 0.3 is 18.4 Å². The lowest BCUT2D eigenvalue weighted by Gasteiger charge is -2.24. The number of hydrogen-bond acceptors (Lipinski definition) is 2. The topological polar surface area (TPSA) is 29.5 Å². The Morgan fingerprint density at radius 2 is 1.50 bits per heavy atom. The van der Waals surface area contributed by atoms with E-state index >= 15 is 0 Å². The molecule has 0 spiro atoms. The lowest BCUT2D eigenvalue weighted by molar-refractivity contribution is -0.143. The van der Waals surface area contributed by atoms with Crippen LogP contribution in [0.15, 0.2) is 18.2 Å². The summed E-state index contributed by atoms with van der Waals surface area (Å²) in [5, 5.41) is 0. The van der Waals surface area contributed by atoms with Crippen LogP contribution in [0.3, 0.4) is 0 Å². The molecule has 1 saturated heterocycles. The Kier molecular flexibility index (Phi) is 5.22. The summed E-state index contributed by atoms with van der Waals surface area (Å²) in [6, 6.07) is 1.54. The van der Waals surface area contributed by atoms with Gasteiger partial charge in [-0.2, -0.15) is 26.3 Å². The second-order valence-electron chi connectivity index (χ2n) is 7.25. The van der Waals surface area contributed by atoms with E-state index in [2.05, 4.69) is 0 Å². The van der Waals surface area contributed by atoms with Gasteiger partial charge in [-0.25, -0.2) is 4.79 Å². The van der Waals surface area contributed by atoms with Crippen molar-refractivity contribution in [2.45, 2.75) is 51.1 Å². The SMILES string of the molecule is CC(C)(C)OC(=O)N1CCC(c2cc(C(F)(F)F)cc(C(F)(F)F)c2)C1. The standard InChI is InChI=1S/C17H19F6NO2/c1-15(2,3)26-14(25)24-5-4-10(9-24)11-6-12(16(18,19)20)8-13(7-11)17(21,22)23/h6-8,10H,4-5,9H2,1-3H3. The van der Waals surface area contributed by atoms with Crippen LogP contribution in [0.1, 0.15) is 49.8 Å². The van der Waals surface area contributed by atoms with Gasteiger partial charge in [0.25, 0.3) is 0 Å². The Labute approximate surface area is 146 Å². The van der Waals surface area contributed by atoms with Crippen molar-refractivity contribution in [3.05, 3.63) is 34.9 Å². The molecular formula is C17H19F6NO2. The second-order valence-corrected chi connectivity index (χ2v) is 7.25. The number of halogens is 6.